The van der Waals surface area contributed by atoms with Crippen LogP contribution in [-0.4, -0.2) is 28.9 Å². The second-order valence-electron chi connectivity index (χ2n) is 4.29. The number of hydrazone groups is 1. The molecular formula is C14H13BrClN3O3S. The van der Waals surface area contributed by atoms with E-state index in [1.54, 1.807) is 24.4 Å². The van der Waals surface area contributed by atoms with E-state index in [1.165, 1.54) is 17.6 Å². The number of aromatic nitrogens is 1. The highest BCUT2D eigenvalue weighted by Gasteiger charge is 2.09. The molecule has 0 aliphatic heterocycles. The number of rotatable bonds is 6. The maximum atomic E-state index is 11.4. The van der Waals surface area contributed by atoms with Crippen LogP contribution in [0, 0.1) is 0 Å². The van der Waals surface area contributed by atoms with Gasteiger partial charge < -0.3 is 9.84 Å². The fraction of sp³-hybridized carbons (Fsp3) is 0.214. The molecule has 1 aromatic heterocycles. The zero-order valence-corrected chi connectivity index (χ0v) is 15.2. The fourth-order valence-electron chi connectivity index (χ4n) is 1.63. The third-order valence-electron chi connectivity index (χ3n) is 2.65. The maximum absolute atomic E-state index is 11.4. The van der Waals surface area contributed by atoms with Gasteiger partial charge in [-0.25, -0.2) is 4.98 Å². The van der Waals surface area contributed by atoms with E-state index in [9.17, 15) is 9.90 Å². The van der Waals surface area contributed by atoms with Gasteiger partial charge in [-0.3, -0.25) is 10.2 Å². The molecule has 6 nitrogen and oxygen atoms in total. The van der Waals surface area contributed by atoms with Crippen molar-refractivity contribution in [3.05, 3.63) is 38.3 Å². The van der Waals surface area contributed by atoms with Crippen molar-refractivity contribution in [1.82, 2.24) is 4.98 Å². The minimum absolute atomic E-state index is 0.00480. The van der Waals surface area contributed by atoms with Crippen LogP contribution in [-0.2, 0) is 16.0 Å². The van der Waals surface area contributed by atoms with Gasteiger partial charge in [0, 0.05) is 5.38 Å². The van der Waals surface area contributed by atoms with E-state index in [-0.39, 0.29) is 18.1 Å². The summed E-state index contributed by atoms with van der Waals surface area (Å²) in [6, 6.07) is 3.29. The third-order valence-corrected chi connectivity index (χ3v) is 4.42. The van der Waals surface area contributed by atoms with Crippen LogP contribution < -0.4 is 5.43 Å². The van der Waals surface area contributed by atoms with E-state index in [0.29, 0.717) is 32.5 Å². The van der Waals surface area contributed by atoms with Crippen LogP contribution in [0.3, 0.4) is 0 Å². The summed E-state index contributed by atoms with van der Waals surface area (Å²) in [5, 5.41) is 16.6. The van der Waals surface area contributed by atoms with Gasteiger partial charge >= 0.3 is 5.97 Å². The van der Waals surface area contributed by atoms with Crippen molar-refractivity contribution < 1.29 is 14.6 Å². The van der Waals surface area contributed by atoms with Crippen molar-refractivity contribution in [3.63, 3.8) is 0 Å². The number of nitrogens with one attached hydrogen (secondary N) is 1. The Kier molecular flexibility index (Phi) is 6.37. The molecule has 0 saturated carbocycles. The molecule has 0 bridgehead atoms. The second kappa shape index (κ2) is 8.28. The number of carbonyl (C=O) groups is 1. The van der Waals surface area contributed by atoms with Crippen LogP contribution in [0.15, 0.2) is 27.1 Å². The highest BCUT2D eigenvalue weighted by Crippen LogP contribution is 2.31. The normalized spacial score (nSPS) is 10.9. The van der Waals surface area contributed by atoms with Crippen molar-refractivity contribution in [1.29, 1.82) is 0 Å². The van der Waals surface area contributed by atoms with Gasteiger partial charge in [0.1, 0.15) is 5.75 Å². The van der Waals surface area contributed by atoms with Gasteiger partial charge in [-0.1, -0.05) is 11.6 Å². The van der Waals surface area contributed by atoms with Crippen LogP contribution in [0.2, 0.25) is 5.02 Å². The SMILES string of the molecule is CCOC(=O)Cc1csc(NN=Cc2c(Cl)ccc(Br)c2O)n1. The number of aromatic hydroxyl groups is 1. The quantitative estimate of drug-likeness (QED) is 0.423. The Labute approximate surface area is 150 Å². The number of hydrogen-bond acceptors (Lipinski definition) is 7. The third kappa shape index (κ3) is 4.92. The number of nitrogens with zero attached hydrogens (tertiary/aromatic N) is 2. The zero-order valence-electron chi connectivity index (χ0n) is 12.0. The monoisotopic (exact) mass is 417 g/mol. The summed E-state index contributed by atoms with van der Waals surface area (Å²) in [7, 11) is 0. The van der Waals surface area contributed by atoms with E-state index < -0.39 is 0 Å². The van der Waals surface area contributed by atoms with Crippen molar-refractivity contribution in [3.8, 4) is 5.75 Å². The van der Waals surface area contributed by atoms with E-state index >= 15 is 0 Å². The molecule has 9 heteroatoms. The lowest BCUT2D eigenvalue weighted by molar-refractivity contribution is -0.142. The summed E-state index contributed by atoms with van der Waals surface area (Å²) in [5.74, 6) is -0.316. The molecule has 122 valence electrons. The minimum atomic E-state index is -0.321. The lowest BCUT2D eigenvalue weighted by Crippen LogP contribution is -2.07. The molecule has 1 aromatic carbocycles. The van der Waals surface area contributed by atoms with Gasteiger partial charge in [0.2, 0.25) is 5.13 Å². The number of carbonyl (C=O) groups excluding carboxylic acids is 1. The van der Waals surface area contributed by atoms with Crippen molar-refractivity contribution >= 4 is 56.2 Å². The highest BCUT2D eigenvalue weighted by atomic mass is 79.9. The molecule has 0 amide bonds. The van der Waals surface area contributed by atoms with E-state index in [2.05, 4.69) is 31.4 Å². The van der Waals surface area contributed by atoms with Gasteiger partial charge in [0.05, 0.1) is 40.0 Å². The number of phenolic OH excluding ortho intramolecular Hbond substituents is 1. The van der Waals surface area contributed by atoms with Crippen LogP contribution in [0.1, 0.15) is 18.2 Å². The largest absolute Gasteiger partial charge is 0.506 e. The minimum Gasteiger partial charge on any atom is -0.506 e. The lowest BCUT2D eigenvalue weighted by atomic mass is 10.2. The Hall–Kier alpha value is -1.64. The zero-order chi connectivity index (χ0) is 16.8. The molecule has 2 aromatic rings. The summed E-state index contributed by atoms with van der Waals surface area (Å²) in [6.45, 7) is 2.10. The van der Waals surface area contributed by atoms with Gasteiger partial charge in [-0.2, -0.15) is 5.10 Å². The molecule has 0 atom stereocenters. The number of thiazole rings is 1. The number of phenols is 1. The Morgan fingerprint density at radius 3 is 3.13 bits per heavy atom. The molecule has 23 heavy (non-hydrogen) atoms. The van der Waals surface area contributed by atoms with Crippen LogP contribution in [0.25, 0.3) is 0 Å². The molecular weight excluding hydrogens is 406 g/mol. The molecule has 0 fully saturated rings. The molecule has 2 rings (SSSR count). The molecule has 1 heterocycles. The summed E-state index contributed by atoms with van der Waals surface area (Å²) >= 11 is 10.5. The summed E-state index contributed by atoms with van der Waals surface area (Å²) in [4.78, 5) is 15.6. The van der Waals surface area contributed by atoms with E-state index in [4.69, 9.17) is 16.3 Å². The molecule has 0 spiro atoms. The first-order valence-corrected chi connectivity index (χ1v) is 8.62. The summed E-state index contributed by atoms with van der Waals surface area (Å²) in [5.41, 5.74) is 3.72. The van der Waals surface area contributed by atoms with Crippen LogP contribution in [0.5, 0.6) is 5.75 Å². The number of esters is 1. The van der Waals surface area contributed by atoms with Crippen LogP contribution >= 0.6 is 38.9 Å². The number of halogens is 2. The number of ether oxygens (including phenoxy) is 1. The van der Waals surface area contributed by atoms with E-state index in [0.717, 1.165) is 0 Å². The van der Waals surface area contributed by atoms with Gasteiger partial charge in [-0.05, 0) is 35.0 Å². The average molecular weight is 419 g/mol. The van der Waals surface area contributed by atoms with Gasteiger partial charge in [0.25, 0.3) is 0 Å². The highest BCUT2D eigenvalue weighted by molar-refractivity contribution is 9.10. The molecule has 2 N–H and O–H groups in total. The van der Waals surface area contributed by atoms with Crippen LogP contribution in [0.4, 0.5) is 5.13 Å². The molecule has 0 saturated heterocycles. The molecule has 0 aliphatic rings. The second-order valence-corrected chi connectivity index (χ2v) is 6.41. The predicted octanol–water partition coefficient (Wildman–Crippen LogP) is 3.82. The Bertz CT molecular complexity index is 736. The van der Waals surface area contributed by atoms with Gasteiger partial charge in [-0.15, -0.1) is 11.3 Å². The summed E-state index contributed by atoms with van der Waals surface area (Å²) in [6.07, 6.45) is 1.52. The smallest absolute Gasteiger partial charge is 0.311 e. The van der Waals surface area contributed by atoms with Crippen molar-refractivity contribution in [2.45, 2.75) is 13.3 Å². The molecule has 0 aliphatic carbocycles. The fourth-order valence-corrected chi connectivity index (χ4v) is 2.84. The number of anilines is 1. The van der Waals surface area contributed by atoms with Crippen molar-refractivity contribution in [2.24, 2.45) is 5.10 Å². The Morgan fingerprint density at radius 1 is 1.61 bits per heavy atom. The maximum Gasteiger partial charge on any atom is 0.311 e. The topological polar surface area (TPSA) is 83.8 Å². The Balaban J connectivity index is 2.00. The van der Waals surface area contributed by atoms with Crippen molar-refractivity contribution in [2.75, 3.05) is 12.0 Å². The van der Waals surface area contributed by atoms with E-state index in [1.807, 2.05) is 0 Å². The molecule has 0 radical (unpaired) electrons. The van der Waals surface area contributed by atoms with Gasteiger partial charge in [0.15, 0.2) is 0 Å². The predicted molar refractivity (Wildman–Crippen MR) is 94.5 cm³/mol. The molecule has 0 unspecified atom stereocenters. The average Bonchev–Trinajstić information content (AvgIpc) is 2.94. The standard InChI is InChI=1S/C14H13BrClN3O3S/c1-2-22-12(20)5-8-7-23-14(18-8)19-17-6-9-11(16)4-3-10(15)13(9)21/h3-4,6-7,21H,2,5H2,1H3,(H,18,19). The lowest BCUT2D eigenvalue weighted by Gasteiger charge is -2.03. The first kappa shape index (κ1) is 17.7. The number of hydrogen-bond donors (Lipinski definition) is 2. The summed E-state index contributed by atoms with van der Waals surface area (Å²) < 4.78 is 5.38. The first-order chi connectivity index (χ1) is 11.0. The number of benzene rings is 1. The first-order valence-electron chi connectivity index (χ1n) is 6.57. The Morgan fingerprint density at radius 2 is 2.39 bits per heavy atom.